The Balaban J connectivity index is 1.78. The number of benzene rings is 1. The molecule has 2 heterocycles. The molecule has 1 aromatic heterocycles. The molecule has 0 spiro atoms. The van der Waals surface area contributed by atoms with Crippen molar-refractivity contribution in [2.45, 2.75) is 31.7 Å². The summed E-state index contributed by atoms with van der Waals surface area (Å²) in [5.41, 5.74) is 7.18. The van der Waals surface area contributed by atoms with Gasteiger partial charge >= 0.3 is 5.97 Å². The SMILES string of the molecule is NCC1CCN(c2ccc3cc(C(=O)O)c(=O)n(C4CC4)c3c2)CC1. The number of fused-ring (bicyclic) bond motifs is 1. The third kappa shape index (κ3) is 2.91. The highest BCUT2D eigenvalue weighted by Crippen LogP contribution is 2.37. The number of nitrogens with two attached hydrogens (primary N) is 1. The van der Waals surface area contributed by atoms with Crippen molar-refractivity contribution in [2.75, 3.05) is 24.5 Å². The Kier molecular flexibility index (Phi) is 4.00. The van der Waals surface area contributed by atoms with Crippen LogP contribution in [0.1, 0.15) is 42.1 Å². The number of aromatic carboxylic acids is 1. The van der Waals surface area contributed by atoms with Crippen molar-refractivity contribution in [2.24, 2.45) is 11.7 Å². The zero-order valence-corrected chi connectivity index (χ0v) is 14.1. The van der Waals surface area contributed by atoms with E-state index in [1.165, 1.54) is 6.07 Å². The molecule has 1 aliphatic carbocycles. The molecule has 6 nitrogen and oxygen atoms in total. The molecule has 25 heavy (non-hydrogen) atoms. The molecule has 1 saturated heterocycles. The highest BCUT2D eigenvalue weighted by Gasteiger charge is 2.29. The molecule has 4 rings (SSSR count). The van der Waals surface area contributed by atoms with E-state index in [0.29, 0.717) is 5.92 Å². The number of carboxylic acids is 1. The van der Waals surface area contributed by atoms with Crippen molar-refractivity contribution < 1.29 is 9.90 Å². The molecule has 0 radical (unpaired) electrons. The van der Waals surface area contributed by atoms with Crippen molar-refractivity contribution in [1.29, 1.82) is 0 Å². The standard InChI is InChI=1S/C19H23N3O3/c20-11-12-5-7-21(8-6-12)15-2-1-13-9-16(19(24)25)18(23)22(14-3-4-14)17(13)10-15/h1-2,9-10,12,14H,3-8,11,20H2,(H,24,25). The largest absolute Gasteiger partial charge is 0.477 e. The van der Waals surface area contributed by atoms with Gasteiger partial charge in [0.05, 0.1) is 5.52 Å². The Morgan fingerprint density at radius 3 is 2.48 bits per heavy atom. The fraction of sp³-hybridized carbons (Fsp3) is 0.474. The lowest BCUT2D eigenvalue weighted by Gasteiger charge is -2.33. The number of carbonyl (C=O) groups is 1. The van der Waals surface area contributed by atoms with Crippen LogP contribution in [0.3, 0.4) is 0 Å². The Morgan fingerprint density at radius 2 is 1.88 bits per heavy atom. The molecule has 2 fully saturated rings. The highest BCUT2D eigenvalue weighted by atomic mass is 16.4. The molecule has 1 aromatic carbocycles. The number of pyridine rings is 1. The minimum absolute atomic E-state index is 0.132. The zero-order valence-electron chi connectivity index (χ0n) is 14.1. The van der Waals surface area contributed by atoms with Crippen molar-refractivity contribution in [3.63, 3.8) is 0 Å². The van der Waals surface area contributed by atoms with Crippen LogP contribution < -0.4 is 16.2 Å². The van der Waals surface area contributed by atoms with Gasteiger partial charge in [0, 0.05) is 24.8 Å². The van der Waals surface area contributed by atoms with Gasteiger partial charge in [-0.25, -0.2) is 4.79 Å². The van der Waals surface area contributed by atoms with Crippen LogP contribution >= 0.6 is 0 Å². The normalized spacial score (nSPS) is 18.7. The summed E-state index contributed by atoms with van der Waals surface area (Å²) in [7, 11) is 0. The summed E-state index contributed by atoms with van der Waals surface area (Å²) in [4.78, 5) is 26.4. The fourth-order valence-corrected chi connectivity index (χ4v) is 3.79. The molecule has 132 valence electrons. The van der Waals surface area contributed by atoms with E-state index < -0.39 is 5.97 Å². The van der Waals surface area contributed by atoms with Crippen molar-refractivity contribution in [3.8, 4) is 0 Å². The molecule has 2 aliphatic rings. The maximum absolute atomic E-state index is 12.6. The lowest BCUT2D eigenvalue weighted by atomic mass is 9.96. The molecular formula is C19H23N3O3. The predicted molar refractivity (Wildman–Crippen MR) is 97.4 cm³/mol. The number of aromatic nitrogens is 1. The molecular weight excluding hydrogens is 318 g/mol. The van der Waals surface area contributed by atoms with E-state index >= 15 is 0 Å². The number of hydrogen-bond acceptors (Lipinski definition) is 4. The molecule has 6 heteroatoms. The van der Waals surface area contributed by atoms with Gasteiger partial charge in [0.1, 0.15) is 5.56 Å². The van der Waals surface area contributed by atoms with Crippen LogP contribution in [-0.4, -0.2) is 35.3 Å². The molecule has 0 unspecified atom stereocenters. The van der Waals surface area contributed by atoms with E-state index in [4.69, 9.17) is 5.73 Å². The van der Waals surface area contributed by atoms with Gasteiger partial charge in [-0.3, -0.25) is 4.79 Å². The molecule has 2 aromatic rings. The fourth-order valence-electron chi connectivity index (χ4n) is 3.79. The number of hydrogen-bond donors (Lipinski definition) is 2. The lowest BCUT2D eigenvalue weighted by molar-refractivity contribution is 0.0694. The van der Waals surface area contributed by atoms with Crippen molar-refractivity contribution in [1.82, 2.24) is 4.57 Å². The highest BCUT2D eigenvalue weighted by molar-refractivity contribution is 5.93. The second kappa shape index (κ2) is 6.19. The maximum Gasteiger partial charge on any atom is 0.341 e. The summed E-state index contributed by atoms with van der Waals surface area (Å²) >= 11 is 0. The molecule has 0 atom stereocenters. The summed E-state index contributed by atoms with van der Waals surface area (Å²) in [5.74, 6) is -0.561. The van der Waals surface area contributed by atoms with Gasteiger partial charge < -0.3 is 20.3 Å². The second-order valence-corrected chi connectivity index (χ2v) is 7.18. The smallest absolute Gasteiger partial charge is 0.341 e. The quantitative estimate of drug-likeness (QED) is 0.890. The molecule has 1 aliphatic heterocycles. The van der Waals surface area contributed by atoms with Gasteiger partial charge in [-0.15, -0.1) is 0 Å². The van der Waals surface area contributed by atoms with Gasteiger partial charge in [0.25, 0.3) is 5.56 Å². The second-order valence-electron chi connectivity index (χ2n) is 7.18. The van der Waals surface area contributed by atoms with Crippen LogP contribution in [0.2, 0.25) is 0 Å². The zero-order chi connectivity index (χ0) is 17.6. The number of nitrogens with zero attached hydrogens (tertiary/aromatic N) is 2. The first-order valence-electron chi connectivity index (χ1n) is 8.96. The number of carboxylic acid groups (broad SMARTS) is 1. The average molecular weight is 341 g/mol. The Hall–Kier alpha value is -2.34. The van der Waals surface area contributed by atoms with Crippen LogP contribution in [0.4, 0.5) is 5.69 Å². The predicted octanol–water partition coefficient (Wildman–Crippen LogP) is 2.21. The first-order chi connectivity index (χ1) is 12.1. The minimum atomic E-state index is -1.16. The number of anilines is 1. The van der Waals surface area contributed by atoms with E-state index in [0.717, 1.165) is 61.9 Å². The topological polar surface area (TPSA) is 88.6 Å². The minimum Gasteiger partial charge on any atom is -0.477 e. The molecule has 0 amide bonds. The van der Waals surface area contributed by atoms with Crippen LogP contribution in [-0.2, 0) is 0 Å². The van der Waals surface area contributed by atoms with E-state index in [-0.39, 0.29) is 17.2 Å². The van der Waals surface area contributed by atoms with Gasteiger partial charge in [-0.2, -0.15) is 0 Å². The van der Waals surface area contributed by atoms with Gasteiger partial charge in [-0.05, 0) is 61.7 Å². The summed E-state index contributed by atoms with van der Waals surface area (Å²) in [6.45, 7) is 2.67. The first-order valence-corrected chi connectivity index (χ1v) is 8.96. The maximum atomic E-state index is 12.6. The first kappa shape index (κ1) is 16.1. The van der Waals surface area contributed by atoms with Gasteiger partial charge in [0.15, 0.2) is 0 Å². The Labute approximate surface area is 145 Å². The monoisotopic (exact) mass is 341 g/mol. The summed E-state index contributed by atoms with van der Waals surface area (Å²) in [6, 6.07) is 7.64. The lowest BCUT2D eigenvalue weighted by Crippen LogP contribution is -2.36. The third-order valence-corrected chi connectivity index (χ3v) is 5.48. The molecule has 3 N–H and O–H groups in total. The van der Waals surface area contributed by atoms with E-state index in [1.54, 1.807) is 4.57 Å². The molecule has 1 saturated carbocycles. The van der Waals surface area contributed by atoms with Crippen LogP contribution in [0, 0.1) is 5.92 Å². The average Bonchev–Trinajstić information content (AvgIpc) is 3.45. The molecule has 0 bridgehead atoms. The summed E-state index contributed by atoms with van der Waals surface area (Å²) in [6.07, 6.45) is 4.04. The van der Waals surface area contributed by atoms with Crippen LogP contribution in [0.15, 0.2) is 29.1 Å². The van der Waals surface area contributed by atoms with Crippen LogP contribution in [0.25, 0.3) is 10.9 Å². The third-order valence-electron chi connectivity index (χ3n) is 5.48. The van der Waals surface area contributed by atoms with E-state index in [1.807, 2.05) is 18.2 Å². The summed E-state index contributed by atoms with van der Waals surface area (Å²) in [5, 5.41) is 10.1. The van der Waals surface area contributed by atoms with Crippen LogP contribution in [0.5, 0.6) is 0 Å². The van der Waals surface area contributed by atoms with Gasteiger partial charge in [-0.1, -0.05) is 6.07 Å². The van der Waals surface area contributed by atoms with E-state index in [2.05, 4.69) is 4.90 Å². The number of rotatable bonds is 4. The Bertz CT molecular complexity index is 877. The van der Waals surface area contributed by atoms with Crippen molar-refractivity contribution in [3.05, 3.63) is 40.2 Å². The Morgan fingerprint density at radius 1 is 1.16 bits per heavy atom. The number of piperidine rings is 1. The van der Waals surface area contributed by atoms with Gasteiger partial charge in [0.2, 0.25) is 0 Å². The van der Waals surface area contributed by atoms with Crippen molar-refractivity contribution >= 4 is 22.6 Å². The van der Waals surface area contributed by atoms with E-state index in [9.17, 15) is 14.7 Å². The summed E-state index contributed by atoms with van der Waals surface area (Å²) < 4.78 is 1.69.